The van der Waals surface area contributed by atoms with Crippen LogP contribution in [0.2, 0.25) is 5.02 Å². The van der Waals surface area contributed by atoms with Crippen LogP contribution in [0.4, 0.5) is 14.5 Å². The Morgan fingerprint density at radius 2 is 1.87 bits per heavy atom. The largest absolute Gasteiger partial charge is 0.483 e. The van der Waals surface area contributed by atoms with Crippen molar-refractivity contribution in [2.45, 2.75) is 38.1 Å². The molecule has 10 heteroatoms. The van der Waals surface area contributed by atoms with Crippen molar-refractivity contribution in [3.63, 3.8) is 0 Å². The van der Waals surface area contributed by atoms with E-state index in [1.807, 2.05) is 25.3 Å². The lowest BCUT2D eigenvalue weighted by atomic mass is 10.3. The molecule has 0 saturated heterocycles. The number of thioether (sulfide) groups is 1. The number of carbonyl (C=O) groups is 1. The van der Waals surface area contributed by atoms with E-state index in [4.69, 9.17) is 16.3 Å². The Labute approximate surface area is 188 Å². The topological polar surface area (TPSA) is 69.0 Å². The minimum Gasteiger partial charge on any atom is -0.483 e. The standard InChI is InChI=1S/C21H21ClF2N4O2S/c1-12(2)28-20(13(3)30-16-7-5-15(23)6-8-16)26-27-21(28)31-11-19(29)25-18-9-4-14(22)10-17(18)24/h4-10,12-13H,11H2,1-3H3,(H,25,29). The summed E-state index contributed by atoms with van der Waals surface area (Å²) in [7, 11) is 0. The number of anilines is 1. The van der Waals surface area contributed by atoms with E-state index in [0.717, 1.165) is 6.07 Å². The number of ether oxygens (including phenoxy) is 1. The van der Waals surface area contributed by atoms with Gasteiger partial charge < -0.3 is 14.6 Å². The third-order valence-electron chi connectivity index (χ3n) is 4.23. The molecule has 0 bridgehead atoms. The van der Waals surface area contributed by atoms with E-state index < -0.39 is 11.9 Å². The molecular formula is C21H21ClF2N4O2S. The summed E-state index contributed by atoms with van der Waals surface area (Å²) in [5.41, 5.74) is 0.0577. The zero-order chi connectivity index (χ0) is 22.5. The summed E-state index contributed by atoms with van der Waals surface area (Å²) in [5, 5.41) is 11.7. The van der Waals surface area contributed by atoms with Crippen LogP contribution in [0, 0.1) is 11.6 Å². The average Bonchev–Trinajstić information content (AvgIpc) is 3.15. The molecular weight excluding hydrogens is 446 g/mol. The maximum atomic E-state index is 13.9. The van der Waals surface area contributed by atoms with Gasteiger partial charge in [0.1, 0.15) is 17.4 Å². The molecule has 6 nitrogen and oxygen atoms in total. The van der Waals surface area contributed by atoms with Crippen molar-refractivity contribution < 1.29 is 18.3 Å². The number of nitrogens with zero attached hydrogens (tertiary/aromatic N) is 3. The lowest BCUT2D eigenvalue weighted by Gasteiger charge is -2.18. The molecule has 0 spiro atoms. The summed E-state index contributed by atoms with van der Waals surface area (Å²) in [6, 6.07) is 9.76. The first-order chi connectivity index (χ1) is 14.7. The molecule has 1 N–H and O–H groups in total. The van der Waals surface area contributed by atoms with E-state index in [9.17, 15) is 13.6 Å². The highest BCUT2D eigenvalue weighted by atomic mass is 35.5. The zero-order valence-electron chi connectivity index (χ0n) is 17.1. The first-order valence-electron chi connectivity index (χ1n) is 9.49. The highest BCUT2D eigenvalue weighted by Crippen LogP contribution is 2.28. The average molecular weight is 467 g/mol. The minimum atomic E-state index is -0.606. The fraction of sp³-hybridized carbons (Fsp3) is 0.286. The monoisotopic (exact) mass is 466 g/mol. The van der Waals surface area contributed by atoms with Crippen LogP contribution in [0.5, 0.6) is 5.75 Å². The van der Waals surface area contributed by atoms with Crippen molar-refractivity contribution in [3.8, 4) is 5.75 Å². The van der Waals surface area contributed by atoms with Gasteiger partial charge in [-0.3, -0.25) is 4.79 Å². The molecule has 3 rings (SSSR count). The molecule has 164 valence electrons. The lowest BCUT2D eigenvalue weighted by molar-refractivity contribution is -0.113. The van der Waals surface area contributed by atoms with E-state index in [1.54, 1.807) is 0 Å². The van der Waals surface area contributed by atoms with Crippen LogP contribution in [0.3, 0.4) is 0 Å². The van der Waals surface area contributed by atoms with Crippen LogP contribution < -0.4 is 10.1 Å². The Kier molecular flexibility index (Phi) is 7.50. The summed E-state index contributed by atoms with van der Waals surface area (Å²) in [6.07, 6.45) is -0.452. The molecule has 1 aromatic heterocycles. The second-order valence-electron chi connectivity index (χ2n) is 6.98. The molecule has 0 aliphatic heterocycles. The van der Waals surface area contributed by atoms with Crippen molar-refractivity contribution >= 4 is 35.0 Å². The Morgan fingerprint density at radius 3 is 2.52 bits per heavy atom. The number of amides is 1. The van der Waals surface area contributed by atoms with Gasteiger partial charge in [0.05, 0.1) is 11.4 Å². The molecule has 0 aliphatic carbocycles. The van der Waals surface area contributed by atoms with Gasteiger partial charge in [0.2, 0.25) is 5.91 Å². The molecule has 1 heterocycles. The summed E-state index contributed by atoms with van der Waals surface area (Å²) < 4.78 is 34.7. The second kappa shape index (κ2) is 10.1. The Hall–Kier alpha value is -2.65. The van der Waals surface area contributed by atoms with Crippen LogP contribution in [0.25, 0.3) is 0 Å². The van der Waals surface area contributed by atoms with Gasteiger partial charge in [-0.25, -0.2) is 8.78 Å². The highest BCUT2D eigenvalue weighted by molar-refractivity contribution is 7.99. The Bertz CT molecular complexity index is 1060. The van der Waals surface area contributed by atoms with E-state index in [1.165, 1.54) is 48.2 Å². The zero-order valence-corrected chi connectivity index (χ0v) is 18.7. The van der Waals surface area contributed by atoms with Crippen LogP contribution in [0.1, 0.15) is 38.7 Å². The van der Waals surface area contributed by atoms with E-state index in [0.29, 0.717) is 16.7 Å². The van der Waals surface area contributed by atoms with Crippen molar-refractivity contribution in [1.82, 2.24) is 14.8 Å². The van der Waals surface area contributed by atoms with Gasteiger partial charge in [-0.2, -0.15) is 0 Å². The molecule has 0 radical (unpaired) electrons. The maximum absolute atomic E-state index is 13.9. The number of hydrogen-bond donors (Lipinski definition) is 1. The first kappa shape index (κ1) is 23.0. The third-order valence-corrected chi connectivity index (χ3v) is 5.41. The fourth-order valence-corrected chi connectivity index (χ4v) is 3.86. The maximum Gasteiger partial charge on any atom is 0.234 e. The van der Waals surface area contributed by atoms with Crippen molar-refractivity contribution in [1.29, 1.82) is 0 Å². The van der Waals surface area contributed by atoms with Crippen molar-refractivity contribution in [2.75, 3.05) is 11.1 Å². The number of halogens is 3. The minimum absolute atomic E-state index is 0.00328. The molecule has 1 amide bonds. The molecule has 0 aliphatic rings. The van der Waals surface area contributed by atoms with Gasteiger partial charge in [-0.05, 0) is 63.2 Å². The Balaban J connectivity index is 1.68. The number of aromatic nitrogens is 3. The SMILES string of the molecule is CC(Oc1ccc(F)cc1)c1nnc(SCC(=O)Nc2ccc(Cl)cc2F)n1C(C)C. The lowest BCUT2D eigenvalue weighted by Crippen LogP contribution is -2.17. The quantitative estimate of drug-likeness (QED) is 0.434. The van der Waals surface area contributed by atoms with E-state index in [-0.39, 0.29) is 34.2 Å². The predicted octanol–water partition coefficient (Wildman–Crippen LogP) is 5.66. The van der Waals surface area contributed by atoms with Gasteiger partial charge in [0.25, 0.3) is 0 Å². The molecule has 1 atom stereocenters. The first-order valence-corrected chi connectivity index (χ1v) is 10.9. The molecule has 0 fully saturated rings. The summed E-state index contributed by atoms with van der Waals surface area (Å²) in [5.74, 6) is -0.246. The summed E-state index contributed by atoms with van der Waals surface area (Å²) >= 11 is 6.91. The number of carbonyl (C=O) groups excluding carboxylic acids is 1. The van der Waals surface area contributed by atoms with Gasteiger partial charge >= 0.3 is 0 Å². The Morgan fingerprint density at radius 1 is 1.16 bits per heavy atom. The predicted molar refractivity (Wildman–Crippen MR) is 117 cm³/mol. The number of hydrogen-bond acceptors (Lipinski definition) is 5. The molecule has 0 saturated carbocycles. The van der Waals surface area contributed by atoms with Crippen LogP contribution in [-0.4, -0.2) is 26.4 Å². The van der Waals surface area contributed by atoms with Crippen LogP contribution >= 0.6 is 23.4 Å². The van der Waals surface area contributed by atoms with Crippen molar-refractivity contribution in [2.24, 2.45) is 0 Å². The molecule has 31 heavy (non-hydrogen) atoms. The fourth-order valence-electron chi connectivity index (χ4n) is 2.83. The van der Waals surface area contributed by atoms with Crippen LogP contribution in [-0.2, 0) is 4.79 Å². The molecule has 1 unspecified atom stereocenters. The normalized spacial score (nSPS) is 12.1. The second-order valence-corrected chi connectivity index (χ2v) is 8.36. The molecule has 2 aromatic carbocycles. The smallest absolute Gasteiger partial charge is 0.234 e. The third kappa shape index (κ3) is 5.95. The van der Waals surface area contributed by atoms with Crippen molar-refractivity contribution in [3.05, 3.63) is 64.9 Å². The van der Waals surface area contributed by atoms with E-state index >= 15 is 0 Å². The number of nitrogens with one attached hydrogen (secondary N) is 1. The summed E-state index contributed by atoms with van der Waals surface area (Å²) in [6.45, 7) is 5.74. The number of rotatable bonds is 8. The van der Waals surface area contributed by atoms with E-state index in [2.05, 4.69) is 15.5 Å². The summed E-state index contributed by atoms with van der Waals surface area (Å²) in [4.78, 5) is 12.3. The highest BCUT2D eigenvalue weighted by Gasteiger charge is 2.22. The van der Waals surface area contributed by atoms with Gasteiger partial charge in [-0.1, -0.05) is 23.4 Å². The van der Waals surface area contributed by atoms with Crippen LogP contribution in [0.15, 0.2) is 47.6 Å². The van der Waals surface area contributed by atoms with Gasteiger partial charge in [0, 0.05) is 11.1 Å². The number of benzene rings is 2. The van der Waals surface area contributed by atoms with Gasteiger partial charge in [0.15, 0.2) is 17.1 Å². The molecule has 3 aromatic rings. The van der Waals surface area contributed by atoms with Gasteiger partial charge in [-0.15, -0.1) is 10.2 Å².